The zero-order chi connectivity index (χ0) is 10.8. The number of piperidine rings is 1. The summed E-state index contributed by atoms with van der Waals surface area (Å²) < 4.78 is 1.64. The van der Waals surface area contributed by atoms with Crippen LogP contribution in [-0.2, 0) is 7.05 Å². The van der Waals surface area contributed by atoms with Gasteiger partial charge in [0, 0.05) is 26.3 Å². The molecule has 15 heavy (non-hydrogen) atoms. The van der Waals surface area contributed by atoms with Crippen LogP contribution in [0.25, 0.3) is 0 Å². The van der Waals surface area contributed by atoms with Crippen LogP contribution in [0.15, 0.2) is 12.3 Å². The summed E-state index contributed by atoms with van der Waals surface area (Å²) in [5, 5.41) is 4.02. The van der Waals surface area contributed by atoms with E-state index in [0.29, 0.717) is 11.6 Å². The summed E-state index contributed by atoms with van der Waals surface area (Å²) in [6, 6.07) is 1.78. The fraction of sp³-hybridized carbons (Fsp3) is 0.636. The van der Waals surface area contributed by atoms with Crippen LogP contribution < -0.4 is 0 Å². The van der Waals surface area contributed by atoms with Crippen LogP contribution in [0.5, 0.6) is 0 Å². The van der Waals surface area contributed by atoms with Gasteiger partial charge in [-0.3, -0.25) is 9.48 Å². The Morgan fingerprint density at radius 2 is 2.40 bits per heavy atom. The Balaban J connectivity index is 2.11. The fourth-order valence-corrected chi connectivity index (χ4v) is 2.12. The van der Waals surface area contributed by atoms with E-state index in [1.807, 2.05) is 4.90 Å². The van der Waals surface area contributed by atoms with Gasteiger partial charge in [0.25, 0.3) is 5.91 Å². The number of carbonyl (C=O) groups excluding carboxylic acids is 1. The standard InChI is InChI=1S/C11H17N3O/c1-9-4-3-7-14(8-9)11(15)10-5-6-12-13(10)2/h5-6,9H,3-4,7-8H2,1-2H3/t9-/m0/s1. The van der Waals surface area contributed by atoms with Gasteiger partial charge in [0.1, 0.15) is 5.69 Å². The molecule has 0 radical (unpaired) electrons. The van der Waals surface area contributed by atoms with E-state index >= 15 is 0 Å². The molecule has 4 nitrogen and oxygen atoms in total. The smallest absolute Gasteiger partial charge is 0.272 e. The lowest BCUT2D eigenvalue weighted by Crippen LogP contribution is -2.39. The van der Waals surface area contributed by atoms with E-state index in [2.05, 4.69) is 12.0 Å². The van der Waals surface area contributed by atoms with Crippen molar-refractivity contribution in [1.82, 2.24) is 14.7 Å². The van der Waals surface area contributed by atoms with Crippen molar-refractivity contribution in [3.8, 4) is 0 Å². The Bertz CT molecular complexity index is 358. The van der Waals surface area contributed by atoms with Gasteiger partial charge in [-0.1, -0.05) is 6.92 Å². The number of hydrogen-bond donors (Lipinski definition) is 0. The molecule has 2 rings (SSSR count). The fourth-order valence-electron chi connectivity index (χ4n) is 2.12. The average Bonchev–Trinajstić information content (AvgIpc) is 2.63. The number of likely N-dealkylation sites (tertiary alicyclic amines) is 1. The number of carbonyl (C=O) groups is 1. The first kappa shape index (κ1) is 10.2. The third kappa shape index (κ3) is 2.03. The summed E-state index contributed by atoms with van der Waals surface area (Å²) in [5.74, 6) is 0.734. The van der Waals surface area contributed by atoms with Gasteiger partial charge >= 0.3 is 0 Å². The summed E-state index contributed by atoms with van der Waals surface area (Å²) in [6.45, 7) is 3.96. The van der Waals surface area contributed by atoms with Gasteiger partial charge in [0.05, 0.1) is 0 Å². The van der Waals surface area contributed by atoms with E-state index in [1.165, 1.54) is 6.42 Å². The minimum Gasteiger partial charge on any atom is -0.337 e. The molecule has 0 aliphatic carbocycles. The number of hydrogen-bond acceptors (Lipinski definition) is 2. The number of amides is 1. The quantitative estimate of drug-likeness (QED) is 0.696. The Kier molecular flexibility index (Phi) is 2.75. The second-order valence-corrected chi connectivity index (χ2v) is 4.34. The molecule has 0 unspecified atom stereocenters. The molecule has 1 aliphatic rings. The van der Waals surface area contributed by atoms with Crippen molar-refractivity contribution in [2.24, 2.45) is 13.0 Å². The minimum atomic E-state index is 0.113. The van der Waals surface area contributed by atoms with Crippen LogP contribution in [-0.4, -0.2) is 33.7 Å². The highest BCUT2D eigenvalue weighted by atomic mass is 16.2. The number of aryl methyl sites for hydroxylation is 1. The summed E-state index contributed by atoms with van der Waals surface area (Å²) >= 11 is 0. The van der Waals surface area contributed by atoms with Crippen molar-refractivity contribution in [3.63, 3.8) is 0 Å². The molecule has 82 valence electrons. The third-order valence-corrected chi connectivity index (χ3v) is 2.98. The predicted octanol–water partition coefficient (Wildman–Crippen LogP) is 1.29. The van der Waals surface area contributed by atoms with Crippen LogP contribution >= 0.6 is 0 Å². The number of aromatic nitrogens is 2. The first-order valence-electron chi connectivity index (χ1n) is 5.46. The van der Waals surface area contributed by atoms with Gasteiger partial charge < -0.3 is 4.90 Å². The monoisotopic (exact) mass is 207 g/mol. The molecular formula is C11H17N3O. The first-order chi connectivity index (χ1) is 7.18. The average molecular weight is 207 g/mol. The highest BCUT2D eigenvalue weighted by Gasteiger charge is 2.23. The van der Waals surface area contributed by atoms with E-state index in [-0.39, 0.29) is 5.91 Å². The second-order valence-electron chi connectivity index (χ2n) is 4.34. The Morgan fingerprint density at radius 1 is 1.60 bits per heavy atom. The van der Waals surface area contributed by atoms with Crippen LogP contribution in [0.2, 0.25) is 0 Å². The van der Waals surface area contributed by atoms with E-state index in [1.54, 1.807) is 24.0 Å². The van der Waals surface area contributed by atoms with Gasteiger partial charge in [-0.25, -0.2) is 0 Å². The van der Waals surface area contributed by atoms with E-state index in [0.717, 1.165) is 19.5 Å². The molecule has 4 heteroatoms. The first-order valence-corrected chi connectivity index (χ1v) is 5.46. The van der Waals surface area contributed by atoms with Crippen molar-refractivity contribution in [2.75, 3.05) is 13.1 Å². The second kappa shape index (κ2) is 4.04. The molecule has 1 aromatic heterocycles. The Hall–Kier alpha value is -1.32. The van der Waals surface area contributed by atoms with Crippen molar-refractivity contribution < 1.29 is 4.79 Å². The SMILES string of the molecule is C[C@H]1CCCN(C(=O)c2ccnn2C)C1. The number of nitrogens with zero attached hydrogens (tertiary/aromatic N) is 3. The molecule has 1 aliphatic heterocycles. The molecule has 1 atom stereocenters. The molecule has 0 spiro atoms. The van der Waals surface area contributed by atoms with Crippen molar-refractivity contribution >= 4 is 5.91 Å². The Labute approximate surface area is 89.9 Å². The van der Waals surface area contributed by atoms with Crippen molar-refractivity contribution in [2.45, 2.75) is 19.8 Å². The zero-order valence-electron chi connectivity index (χ0n) is 9.31. The molecule has 2 heterocycles. The van der Waals surface area contributed by atoms with Gasteiger partial charge in [-0.05, 0) is 24.8 Å². The predicted molar refractivity (Wildman–Crippen MR) is 57.5 cm³/mol. The Morgan fingerprint density at radius 3 is 3.00 bits per heavy atom. The summed E-state index contributed by atoms with van der Waals surface area (Å²) in [4.78, 5) is 14.0. The lowest BCUT2D eigenvalue weighted by atomic mass is 10.00. The molecule has 1 saturated heterocycles. The van der Waals surface area contributed by atoms with Crippen LogP contribution in [0.4, 0.5) is 0 Å². The van der Waals surface area contributed by atoms with Crippen LogP contribution in [0.1, 0.15) is 30.3 Å². The van der Waals surface area contributed by atoms with E-state index < -0.39 is 0 Å². The van der Waals surface area contributed by atoms with Gasteiger partial charge in [0.15, 0.2) is 0 Å². The highest BCUT2D eigenvalue weighted by Crippen LogP contribution is 2.17. The molecular weight excluding hydrogens is 190 g/mol. The summed E-state index contributed by atoms with van der Waals surface area (Å²) in [5.41, 5.74) is 0.684. The molecule has 1 aromatic rings. The van der Waals surface area contributed by atoms with Crippen molar-refractivity contribution in [3.05, 3.63) is 18.0 Å². The minimum absolute atomic E-state index is 0.113. The largest absolute Gasteiger partial charge is 0.337 e. The molecule has 0 saturated carbocycles. The normalized spacial score (nSPS) is 21.7. The maximum Gasteiger partial charge on any atom is 0.272 e. The van der Waals surface area contributed by atoms with E-state index in [9.17, 15) is 4.79 Å². The van der Waals surface area contributed by atoms with E-state index in [4.69, 9.17) is 0 Å². The third-order valence-electron chi connectivity index (χ3n) is 2.98. The summed E-state index contributed by atoms with van der Waals surface area (Å²) in [7, 11) is 1.81. The molecule has 0 bridgehead atoms. The van der Waals surface area contributed by atoms with Gasteiger partial charge in [-0.15, -0.1) is 0 Å². The van der Waals surface area contributed by atoms with Crippen LogP contribution in [0, 0.1) is 5.92 Å². The zero-order valence-corrected chi connectivity index (χ0v) is 9.31. The summed E-state index contributed by atoms with van der Waals surface area (Å²) in [6.07, 6.45) is 4.01. The topological polar surface area (TPSA) is 38.1 Å². The van der Waals surface area contributed by atoms with Crippen LogP contribution in [0.3, 0.4) is 0 Å². The molecule has 0 N–H and O–H groups in total. The maximum absolute atomic E-state index is 12.1. The number of rotatable bonds is 1. The van der Waals surface area contributed by atoms with Crippen molar-refractivity contribution in [1.29, 1.82) is 0 Å². The lowest BCUT2D eigenvalue weighted by molar-refractivity contribution is 0.0672. The molecule has 1 amide bonds. The molecule has 1 fully saturated rings. The van der Waals surface area contributed by atoms with Gasteiger partial charge in [0.2, 0.25) is 0 Å². The lowest BCUT2D eigenvalue weighted by Gasteiger charge is -2.30. The highest BCUT2D eigenvalue weighted by molar-refractivity contribution is 5.92. The maximum atomic E-state index is 12.1. The van der Waals surface area contributed by atoms with Gasteiger partial charge in [-0.2, -0.15) is 5.10 Å². The molecule has 0 aromatic carbocycles.